The summed E-state index contributed by atoms with van der Waals surface area (Å²) >= 11 is 0. The van der Waals surface area contributed by atoms with Gasteiger partial charge in [-0.3, -0.25) is 4.79 Å². The second-order valence-corrected chi connectivity index (χ2v) is 7.27. The van der Waals surface area contributed by atoms with E-state index in [2.05, 4.69) is 44.7 Å². The molecule has 5 nitrogen and oxygen atoms in total. The lowest BCUT2D eigenvalue weighted by atomic mass is 10.1. The molecule has 0 aliphatic carbocycles. The Morgan fingerprint density at radius 3 is 2.61 bits per heavy atom. The third-order valence-electron chi connectivity index (χ3n) is 5.30. The second kappa shape index (κ2) is 8.85. The molecule has 0 atom stereocenters. The van der Waals surface area contributed by atoms with Gasteiger partial charge in [-0.15, -0.1) is 0 Å². The number of benzene rings is 2. The molecule has 3 aromatic rings. The summed E-state index contributed by atoms with van der Waals surface area (Å²) in [6.45, 7) is 3.02. The number of nitrogens with zero attached hydrogens (tertiary/aromatic N) is 2. The normalized spacial score (nSPS) is 15.3. The van der Waals surface area contributed by atoms with Crippen LogP contribution in [0.15, 0.2) is 59.7 Å². The van der Waals surface area contributed by atoms with Gasteiger partial charge in [-0.25, -0.2) is 5.43 Å². The molecule has 28 heavy (non-hydrogen) atoms. The molecule has 1 aliphatic rings. The van der Waals surface area contributed by atoms with E-state index in [0.29, 0.717) is 6.42 Å². The Hall–Kier alpha value is -2.92. The van der Waals surface area contributed by atoms with Crippen LogP contribution >= 0.6 is 0 Å². The highest BCUT2D eigenvalue weighted by atomic mass is 16.2. The summed E-state index contributed by atoms with van der Waals surface area (Å²) in [6.07, 6.45) is 6.02. The number of para-hydroxylation sites is 1. The summed E-state index contributed by atoms with van der Waals surface area (Å²) in [5.74, 6) is -0.0390. The van der Waals surface area contributed by atoms with Crippen molar-refractivity contribution in [2.45, 2.75) is 25.7 Å². The molecule has 0 spiro atoms. The van der Waals surface area contributed by atoms with Crippen LogP contribution in [0.1, 0.15) is 31.2 Å². The summed E-state index contributed by atoms with van der Waals surface area (Å²) in [4.78, 5) is 18.0. The predicted octanol–water partition coefficient (Wildman–Crippen LogP) is 4.16. The Labute approximate surface area is 165 Å². The van der Waals surface area contributed by atoms with E-state index in [0.717, 1.165) is 47.4 Å². The second-order valence-electron chi connectivity index (χ2n) is 7.27. The van der Waals surface area contributed by atoms with Gasteiger partial charge < -0.3 is 9.88 Å². The number of hydrazone groups is 1. The summed E-state index contributed by atoms with van der Waals surface area (Å²) in [7, 11) is 0. The molecule has 5 heteroatoms. The fraction of sp³-hybridized carbons (Fsp3) is 0.304. The maximum Gasteiger partial charge on any atom is 0.241 e. The number of carbonyl (C=O) groups is 1. The Kier molecular flexibility index (Phi) is 5.83. The van der Waals surface area contributed by atoms with E-state index in [1.165, 1.54) is 19.3 Å². The number of hydrogen-bond donors (Lipinski definition) is 2. The predicted molar refractivity (Wildman–Crippen MR) is 114 cm³/mol. The minimum atomic E-state index is -0.0390. The number of fused-ring (bicyclic) bond motifs is 1. The zero-order valence-electron chi connectivity index (χ0n) is 16.0. The van der Waals surface area contributed by atoms with Gasteiger partial charge in [0.15, 0.2) is 0 Å². The monoisotopic (exact) mass is 374 g/mol. The standard InChI is InChI=1S/C23H26N4O/c28-22(13-16-27-14-7-2-8-15-27)26-24-17-20-19-11-5-6-12-21(19)25-23(20)18-9-3-1-4-10-18/h1,3-6,9-12,17,25H,2,7-8,13-16H2,(H,26,28)/b24-17+. The van der Waals surface area contributed by atoms with Crippen LogP contribution < -0.4 is 5.43 Å². The van der Waals surface area contributed by atoms with Crippen LogP contribution in [0.4, 0.5) is 0 Å². The molecule has 4 rings (SSSR count). The fourth-order valence-electron chi connectivity index (χ4n) is 3.80. The topological polar surface area (TPSA) is 60.5 Å². The number of aromatic amines is 1. The lowest BCUT2D eigenvalue weighted by Crippen LogP contribution is -2.33. The molecule has 2 aromatic carbocycles. The van der Waals surface area contributed by atoms with Gasteiger partial charge in [0, 0.05) is 29.4 Å². The van der Waals surface area contributed by atoms with Crippen molar-refractivity contribution in [1.29, 1.82) is 0 Å². The number of H-pyrrole nitrogens is 1. The van der Waals surface area contributed by atoms with Crippen LogP contribution in [0, 0.1) is 0 Å². The van der Waals surface area contributed by atoms with E-state index in [9.17, 15) is 4.79 Å². The summed E-state index contributed by atoms with van der Waals surface area (Å²) in [5.41, 5.74) is 6.83. The summed E-state index contributed by atoms with van der Waals surface area (Å²) in [5, 5.41) is 5.34. The van der Waals surface area contributed by atoms with Gasteiger partial charge in [0.2, 0.25) is 5.91 Å². The number of carbonyl (C=O) groups excluding carboxylic acids is 1. The number of aromatic nitrogens is 1. The van der Waals surface area contributed by atoms with Gasteiger partial charge in [-0.1, -0.05) is 55.0 Å². The molecule has 0 bridgehead atoms. The number of amides is 1. The fourth-order valence-corrected chi connectivity index (χ4v) is 3.80. The van der Waals surface area contributed by atoms with Crippen LogP contribution in [0.3, 0.4) is 0 Å². The molecule has 0 saturated carbocycles. The maximum atomic E-state index is 12.2. The minimum absolute atomic E-state index is 0.0390. The molecule has 1 aromatic heterocycles. The summed E-state index contributed by atoms with van der Waals surface area (Å²) < 4.78 is 0. The third-order valence-corrected chi connectivity index (χ3v) is 5.30. The number of hydrogen-bond acceptors (Lipinski definition) is 3. The van der Waals surface area contributed by atoms with Crippen LogP contribution in [0.5, 0.6) is 0 Å². The molecule has 1 saturated heterocycles. The Bertz CT molecular complexity index is 955. The molecule has 2 N–H and O–H groups in total. The van der Waals surface area contributed by atoms with Gasteiger partial charge in [0.05, 0.1) is 11.9 Å². The smallest absolute Gasteiger partial charge is 0.241 e. The lowest BCUT2D eigenvalue weighted by Gasteiger charge is -2.25. The Morgan fingerprint density at radius 2 is 1.79 bits per heavy atom. The van der Waals surface area contributed by atoms with E-state index in [4.69, 9.17) is 0 Å². The number of likely N-dealkylation sites (tertiary alicyclic amines) is 1. The van der Waals surface area contributed by atoms with Gasteiger partial charge in [0.25, 0.3) is 0 Å². The molecule has 1 amide bonds. The van der Waals surface area contributed by atoms with Crippen molar-refractivity contribution >= 4 is 23.0 Å². The van der Waals surface area contributed by atoms with Gasteiger partial charge >= 0.3 is 0 Å². The average Bonchev–Trinajstić information content (AvgIpc) is 3.12. The van der Waals surface area contributed by atoms with E-state index in [1.54, 1.807) is 6.21 Å². The molecule has 1 fully saturated rings. The Morgan fingerprint density at radius 1 is 1.04 bits per heavy atom. The molecular weight excluding hydrogens is 348 g/mol. The van der Waals surface area contributed by atoms with Crippen LogP contribution in [0.2, 0.25) is 0 Å². The highest BCUT2D eigenvalue weighted by Crippen LogP contribution is 2.28. The van der Waals surface area contributed by atoms with Crippen LogP contribution in [-0.2, 0) is 4.79 Å². The first-order valence-electron chi connectivity index (χ1n) is 10.0. The highest BCUT2D eigenvalue weighted by molar-refractivity contribution is 6.06. The van der Waals surface area contributed by atoms with Crippen molar-refractivity contribution in [2.75, 3.05) is 19.6 Å². The maximum absolute atomic E-state index is 12.2. The van der Waals surface area contributed by atoms with E-state index in [-0.39, 0.29) is 5.91 Å². The molecular formula is C23H26N4O. The van der Waals surface area contributed by atoms with Crippen LogP contribution in [0.25, 0.3) is 22.2 Å². The zero-order chi connectivity index (χ0) is 19.2. The molecule has 1 aliphatic heterocycles. The zero-order valence-corrected chi connectivity index (χ0v) is 16.0. The number of piperidine rings is 1. The first-order valence-corrected chi connectivity index (χ1v) is 10.0. The number of rotatable bonds is 6. The van der Waals surface area contributed by atoms with Gasteiger partial charge in [0.1, 0.15) is 0 Å². The Balaban J connectivity index is 1.47. The van der Waals surface area contributed by atoms with Gasteiger partial charge in [-0.05, 0) is 37.6 Å². The van der Waals surface area contributed by atoms with Crippen LogP contribution in [-0.4, -0.2) is 41.6 Å². The third kappa shape index (κ3) is 4.31. The minimum Gasteiger partial charge on any atom is -0.354 e. The van der Waals surface area contributed by atoms with Crippen molar-refractivity contribution in [3.05, 3.63) is 60.2 Å². The van der Waals surface area contributed by atoms with Crippen molar-refractivity contribution in [3.63, 3.8) is 0 Å². The van der Waals surface area contributed by atoms with Crippen molar-refractivity contribution in [3.8, 4) is 11.3 Å². The highest BCUT2D eigenvalue weighted by Gasteiger charge is 2.13. The van der Waals surface area contributed by atoms with E-state index < -0.39 is 0 Å². The SMILES string of the molecule is O=C(CCN1CCCCC1)N/N=C/c1c(-c2ccccc2)[nH]c2ccccc12. The van der Waals surface area contributed by atoms with Gasteiger partial charge in [-0.2, -0.15) is 5.10 Å². The van der Waals surface area contributed by atoms with Crippen molar-refractivity contribution in [2.24, 2.45) is 5.10 Å². The average molecular weight is 374 g/mol. The molecule has 0 radical (unpaired) electrons. The summed E-state index contributed by atoms with van der Waals surface area (Å²) in [6, 6.07) is 18.3. The molecule has 144 valence electrons. The largest absolute Gasteiger partial charge is 0.354 e. The van der Waals surface area contributed by atoms with E-state index >= 15 is 0 Å². The first-order chi connectivity index (χ1) is 13.8. The van der Waals surface area contributed by atoms with E-state index in [1.807, 2.05) is 30.3 Å². The quantitative estimate of drug-likeness (QED) is 0.503. The number of nitrogens with one attached hydrogen (secondary N) is 2. The van der Waals surface area contributed by atoms with Crippen molar-refractivity contribution < 1.29 is 4.79 Å². The molecule has 0 unspecified atom stereocenters. The first kappa shape index (κ1) is 18.4. The lowest BCUT2D eigenvalue weighted by molar-refractivity contribution is -0.121. The molecule has 2 heterocycles. The van der Waals surface area contributed by atoms with Crippen molar-refractivity contribution in [1.82, 2.24) is 15.3 Å².